The zero-order valence-electron chi connectivity index (χ0n) is 7.95. The molecule has 0 atom stereocenters. The van der Waals surface area contributed by atoms with Crippen LogP contribution in [0.4, 0.5) is 10.5 Å². The van der Waals surface area contributed by atoms with Gasteiger partial charge in [-0.2, -0.15) is 0 Å². The highest BCUT2D eigenvalue weighted by atomic mass is 35.5. The number of hydrogen-bond donors (Lipinski definition) is 2. The molecule has 0 aromatic heterocycles. The smallest absolute Gasteiger partial charge is 0.411 e. The Balaban J connectivity index is 3.28. The third kappa shape index (κ3) is 2.64. The second-order valence-electron chi connectivity index (χ2n) is 2.85. The lowest BCUT2D eigenvalue weighted by atomic mass is 10.2. The molecule has 0 saturated heterocycles. The number of carbonyl (C=O) groups is 1. The molecule has 0 aliphatic carbocycles. The first-order valence-corrected chi connectivity index (χ1v) is 5.51. The van der Waals surface area contributed by atoms with Crippen molar-refractivity contribution >= 4 is 46.6 Å². The first-order chi connectivity index (χ1) is 7.49. The van der Waals surface area contributed by atoms with Gasteiger partial charge in [0.2, 0.25) is 0 Å². The second-order valence-corrected chi connectivity index (χ2v) is 4.02. The van der Waals surface area contributed by atoms with Gasteiger partial charge in [-0.3, -0.25) is 4.90 Å². The van der Waals surface area contributed by atoms with Gasteiger partial charge in [0.15, 0.2) is 0 Å². The fraction of sp³-hybridized carbons (Fsp3) is 0.222. The molecule has 0 bridgehead atoms. The Bertz CT molecular complexity index is 411. The summed E-state index contributed by atoms with van der Waals surface area (Å²) in [6.45, 7) is 0.0276. The SMILES string of the molecule is O=C(O)N(CCCl)c1c(Cl)ccc(O)c1Cl. The Morgan fingerprint density at radius 2 is 2.00 bits per heavy atom. The lowest BCUT2D eigenvalue weighted by Gasteiger charge is -2.20. The van der Waals surface area contributed by atoms with Gasteiger partial charge >= 0.3 is 6.09 Å². The molecule has 7 heteroatoms. The van der Waals surface area contributed by atoms with Gasteiger partial charge in [-0.1, -0.05) is 23.2 Å². The number of phenols is 1. The van der Waals surface area contributed by atoms with Crippen molar-refractivity contribution < 1.29 is 15.0 Å². The topological polar surface area (TPSA) is 60.8 Å². The summed E-state index contributed by atoms with van der Waals surface area (Å²) in [7, 11) is 0. The minimum Gasteiger partial charge on any atom is -0.506 e. The number of rotatable bonds is 3. The molecule has 88 valence electrons. The molecule has 0 radical (unpaired) electrons. The summed E-state index contributed by atoms with van der Waals surface area (Å²) in [5, 5.41) is 18.4. The summed E-state index contributed by atoms with van der Waals surface area (Å²) in [5.74, 6) is -0.142. The van der Waals surface area contributed by atoms with Gasteiger partial charge in [0.1, 0.15) is 10.8 Å². The molecule has 1 aromatic rings. The summed E-state index contributed by atoms with van der Waals surface area (Å²) in [6.07, 6.45) is -1.24. The number of alkyl halides is 1. The number of benzene rings is 1. The van der Waals surface area contributed by atoms with Crippen molar-refractivity contribution in [3.63, 3.8) is 0 Å². The van der Waals surface area contributed by atoms with Crippen molar-refractivity contribution in [1.82, 2.24) is 0 Å². The zero-order chi connectivity index (χ0) is 12.3. The highest BCUT2D eigenvalue weighted by Crippen LogP contribution is 2.39. The van der Waals surface area contributed by atoms with Crippen LogP contribution in [0.1, 0.15) is 0 Å². The monoisotopic (exact) mass is 283 g/mol. The van der Waals surface area contributed by atoms with Crippen LogP contribution in [0.5, 0.6) is 5.75 Å². The van der Waals surface area contributed by atoms with Gasteiger partial charge < -0.3 is 10.2 Å². The minimum absolute atomic E-state index is 0.0276. The summed E-state index contributed by atoms with van der Waals surface area (Å²) in [4.78, 5) is 11.9. The van der Waals surface area contributed by atoms with Gasteiger partial charge in [-0.15, -0.1) is 11.6 Å². The third-order valence-corrected chi connectivity index (χ3v) is 2.70. The van der Waals surface area contributed by atoms with Gasteiger partial charge in [0.05, 0.1) is 10.7 Å². The Kier molecular flexibility index (Phi) is 4.53. The molecule has 0 spiro atoms. The quantitative estimate of drug-likeness (QED) is 0.836. The van der Waals surface area contributed by atoms with E-state index < -0.39 is 6.09 Å². The van der Waals surface area contributed by atoms with Crippen molar-refractivity contribution in [1.29, 1.82) is 0 Å². The maximum absolute atomic E-state index is 11.0. The standard InChI is InChI=1S/C9H8Cl3NO3/c10-3-4-13(9(15)16)8-5(11)1-2-6(14)7(8)12/h1-2,14H,3-4H2,(H,15,16). The van der Waals surface area contributed by atoms with E-state index in [-0.39, 0.29) is 33.9 Å². The van der Waals surface area contributed by atoms with E-state index in [4.69, 9.17) is 39.9 Å². The molecule has 2 N–H and O–H groups in total. The fourth-order valence-corrected chi connectivity index (χ4v) is 1.91. The van der Waals surface area contributed by atoms with Crippen LogP contribution in [0.25, 0.3) is 0 Å². The molecule has 1 rings (SSSR count). The average molecular weight is 285 g/mol. The van der Waals surface area contributed by atoms with Crippen LogP contribution in [0.3, 0.4) is 0 Å². The van der Waals surface area contributed by atoms with Crippen LogP contribution in [0.15, 0.2) is 12.1 Å². The Morgan fingerprint density at radius 1 is 1.38 bits per heavy atom. The maximum Gasteiger partial charge on any atom is 0.411 e. The van der Waals surface area contributed by atoms with Gasteiger partial charge in [-0.25, -0.2) is 4.79 Å². The summed E-state index contributed by atoms with van der Waals surface area (Å²) >= 11 is 17.1. The van der Waals surface area contributed by atoms with Crippen molar-refractivity contribution in [2.75, 3.05) is 17.3 Å². The Morgan fingerprint density at radius 3 is 2.50 bits per heavy atom. The zero-order valence-corrected chi connectivity index (χ0v) is 10.2. The first kappa shape index (κ1) is 13.2. The molecule has 1 aromatic carbocycles. The van der Waals surface area contributed by atoms with Gasteiger partial charge in [-0.05, 0) is 12.1 Å². The molecule has 0 heterocycles. The molecular weight excluding hydrogens is 276 g/mol. The molecule has 16 heavy (non-hydrogen) atoms. The predicted octanol–water partition coefficient (Wildman–Crippen LogP) is 3.42. The number of phenolic OH excluding ortho intramolecular Hbond substituents is 1. The predicted molar refractivity (Wildman–Crippen MR) is 64.2 cm³/mol. The van der Waals surface area contributed by atoms with E-state index in [1.54, 1.807) is 0 Å². The van der Waals surface area contributed by atoms with E-state index in [2.05, 4.69) is 0 Å². The fourth-order valence-electron chi connectivity index (χ4n) is 1.17. The van der Waals surface area contributed by atoms with Crippen LogP contribution >= 0.6 is 34.8 Å². The molecule has 4 nitrogen and oxygen atoms in total. The van der Waals surface area contributed by atoms with Crippen LogP contribution in [0.2, 0.25) is 10.0 Å². The number of aromatic hydroxyl groups is 1. The lowest BCUT2D eigenvalue weighted by Crippen LogP contribution is -2.31. The van der Waals surface area contributed by atoms with Crippen LogP contribution in [-0.2, 0) is 0 Å². The third-order valence-electron chi connectivity index (χ3n) is 1.86. The molecule has 0 unspecified atom stereocenters. The van der Waals surface area contributed by atoms with E-state index in [0.29, 0.717) is 0 Å². The lowest BCUT2D eigenvalue weighted by molar-refractivity contribution is 0.202. The number of amides is 1. The van der Waals surface area contributed by atoms with E-state index in [9.17, 15) is 9.90 Å². The first-order valence-electron chi connectivity index (χ1n) is 4.22. The van der Waals surface area contributed by atoms with Crippen LogP contribution in [0, 0.1) is 0 Å². The molecular formula is C9H8Cl3NO3. The Hall–Kier alpha value is -0.840. The highest BCUT2D eigenvalue weighted by Gasteiger charge is 2.21. The second kappa shape index (κ2) is 5.48. The maximum atomic E-state index is 11.0. The van der Waals surface area contributed by atoms with E-state index in [1.807, 2.05) is 0 Å². The molecule has 0 aliphatic heterocycles. The summed E-state index contributed by atoms with van der Waals surface area (Å²) < 4.78 is 0. The summed E-state index contributed by atoms with van der Waals surface area (Å²) in [5.41, 5.74) is 0.0384. The van der Waals surface area contributed by atoms with Crippen molar-refractivity contribution in [2.45, 2.75) is 0 Å². The minimum atomic E-state index is -1.24. The van der Waals surface area contributed by atoms with E-state index in [1.165, 1.54) is 12.1 Å². The number of nitrogens with zero attached hydrogens (tertiary/aromatic N) is 1. The van der Waals surface area contributed by atoms with Crippen LogP contribution in [-0.4, -0.2) is 28.7 Å². The van der Waals surface area contributed by atoms with Crippen molar-refractivity contribution in [3.05, 3.63) is 22.2 Å². The highest BCUT2D eigenvalue weighted by molar-refractivity contribution is 6.40. The summed E-state index contributed by atoms with van der Waals surface area (Å²) in [6, 6.07) is 2.65. The number of hydrogen-bond acceptors (Lipinski definition) is 2. The van der Waals surface area contributed by atoms with E-state index >= 15 is 0 Å². The number of halogens is 3. The van der Waals surface area contributed by atoms with Gasteiger partial charge in [0, 0.05) is 12.4 Å². The normalized spacial score (nSPS) is 10.2. The Labute approximate surface area is 107 Å². The van der Waals surface area contributed by atoms with E-state index in [0.717, 1.165) is 4.90 Å². The molecule has 0 fully saturated rings. The largest absolute Gasteiger partial charge is 0.506 e. The van der Waals surface area contributed by atoms with Crippen molar-refractivity contribution in [3.8, 4) is 5.75 Å². The number of anilines is 1. The van der Waals surface area contributed by atoms with Gasteiger partial charge in [0.25, 0.3) is 0 Å². The molecule has 1 amide bonds. The molecule has 0 aliphatic rings. The average Bonchev–Trinajstić information content (AvgIpc) is 2.22. The van der Waals surface area contributed by atoms with Crippen molar-refractivity contribution in [2.24, 2.45) is 0 Å². The van der Waals surface area contributed by atoms with Crippen LogP contribution < -0.4 is 4.90 Å². The molecule has 0 saturated carbocycles. The number of carboxylic acid groups (broad SMARTS) is 1.